The number of hydrogen-bond acceptors (Lipinski definition) is 3. The van der Waals surface area contributed by atoms with E-state index in [4.69, 9.17) is 16.3 Å². The van der Waals surface area contributed by atoms with Gasteiger partial charge in [-0.1, -0.05) is 30.7 Å². The van der Waals surface area contributed by atoms with Crippen LogP contribution in [-0.4, -0.2) is 30.4 Å². The topological polar surface area (TPSA) is 55.4 Å². The minimum absolute atomic E-state index is 0.0564. The van der Waals surface area contributed by atoms with E-state index in [2.05, 4.69) is 5.32 Å². The first kappa shape index (κ1) is 21.0. The van der Waals surface area contributed by atoms with Gasteiger partial charge in [-0.25, -0.2) is 4.39 Å². The van der Waals surface area contributed by atoms with E-state index < -0.39 is 17.3 Å². The lowest BCUT2D eigenvalue weighted by Gasteiger charge is -2.35. The number of methoxy groups -OCH3 is 1. The Bertz CT molecular complexity index is 998. The third kappa shape index (κ3) is 3.54. The lowest BCUT2D eigenvalue weighted by atomic mass is 9.75. The fourth-order valence-corrected chi connectivity index (χ4v) is 5.09. The normalized spacial score (nSPS) is 26.3. The molecule has 1 atom stereocenters. The van der Waals surface area contributed by atoms with Crippen LogP contribution in [0.1, 0.15) is 49.7 Å². The summed E-state index contributed by atoms with van der Waals surface area (Å²) in [7, 11) is 1.68. The first-order chi connectivity index (χ1) is 14.4. The van der Waals surface area contributed by atoms with E-state index in [-0.39, 0.29) is 17.8 Å². The number of ketones is 1. The summed E-state index contributed by atoms with van der Waals surface area (Å²) in [4.78, 5) is 26.5. The van der Waals surface area contributed by atoms with Crippen LogP contribution in [0.3, 0.4) is 0 Å². The lowest BCUT2D eigenvalue weighted by Crippen LogP contribution is -2.50. The predicted molar refractivity (Wildman–Crippen MR) is 114 cm³/mol. The molecule has 1 spiro atoms. The van der Waals surface area contributed by atoms with Crippen molar-refractivity contribution in [3.63, 3.8) is 0 Å². The first-order valence-electron chi connectivity index (χ1n) is 10.4. The van der Waals surface area contributed by atoms with Crippen LogP contribution < -0.4 is 5.32 Å². The Morgan fingerprint density at radius 1 is 1.17 bits per heavy atom. The van der Waals surface area contributed by atoms with Gasteiger partial charge < -0.3 is 10.1 Å². The zero-order valence-corrected chi connectivity index (χ0v) is 17.9. The molecule has 4 rings (SSSR count). The van der Waals surface area contributed by atoms with E-state index in [1.807, 2.05) is 25.1 Å². The molecular weight excluding hydrogens is 405 g/mol. The number of Topliss-reactive ketones (excluding diaryl/α,β-unsaturated/α-hetero) is 1. The summed E-state index contributed by atoms with van der Waals surface area (Å²) in [6.45, 7) is 2.00. The van der Waals surface area contributed by atoms with E-state index in [0.29, 0.717) is 35.4 Å². The van der Waals surface area contributed by atoms with Gasteiger partial charge in [0, 0.05) is 12.7 Å². The Balaban J connectivity index is 1.72. The number of rotatable bonds is 4. The van der Waals surface area contributed by atoms with Crippen LogP contribution in [0.25, 0.3) is 11.1 Å². The summed E-state index contributed by atoms with van der Waals surface area (Å²) >= 11 is 6.25. The number of hydrogen-bond donors (Lipinski definition) is 1. The fraction of sp³-hybridized carbons (Fsp3) is 0.417. The molecule has 0 bridgehead atoms. The van der Waals surface area contributed by atoms with Gasteiger partial charge in [-0.15, -0.1) is 0 Å². The summed E-state index contributed by atoms with van der Waals surface area (Å²) in [6, 6.07) is 9.93. The van der Waals surface area contributed by atoms with Gasteiger partial charge in [0.2, 0.25) is 5.91 Å². The quantitative estimate of drug-likeness (QED) is 0.709. The van der Waals surface area contributed by atoms with E-state index >= 15 is 0 Å². The van der Waals surface area contributed by atoms with Gasteiger partial charge in [0.05, 0.1) is 16.7 Å². The Labute approximate surface area is 180 Å². The Kier molecular flexibility index (Phi) is 5.69. The van der Waals surface area contributed by atoms with Crippen LogP contribution in [0.2, 0.25) is 5.02 Å². The largest absolute Gasteiger partial charge is 0.381 e. The Hall–Kier alpha value is -2.24. The Morgan fingerprint density at radius 2 is 1.90 bits per heavy atom. The van der Waals surface area contributed by atoms with E-state index in [1.165, 1.54) is 12.1 Å². The third-order valence-corrected chi connectivity index (χ3v) is 6.87. The van der Waals surface area contributed by atoms with Gasteiger partial charge in [0.1, 0.15) is 11.7 Å². The zero-order valence-electron chi connectivity index (χ0n) is 17.1. The minimum atomic E-state index is -0.835. The highest BCUT2D eigenvalue weighted by Gasteiger charge is 2.54. The number of nitrogens with one attached hydrogen (secondary N) is 1. The number of amides is 1. The van der Waals surface area contributed by atoms with Crippen molar-refractivity contribution in [3.8, 4) is 11.1 Å². The molecule has 30 heavy (non-hydrogen) atoms. The standard InChI is InChI=1S/C24H25ClFNO3/c1-3-14-4-5-15(18-7-6-16(26)13-20(18)25)12-19(14)21-22(28)24(27-23(21)29)10-8-17(30-2)9-11-24/h4-7,12-13,17,21H,3,8-11H2,1-2H3,(H,27,29). The molecule has 6 heteroatoms. The van der Waals surface area contributed by atoms with Crippen molar-refractivity contribution in [1.82, 2.24) is 5.32 Å². The molecule has 1 unspecified atom stereocenters. The smallest absolute Gasteiger partial charge is 0.235 e. The molecule has 4 nitrogen and oxygen atoms in total. The molecule has 2 aromatic carbocycles. The van der Waals surface area contributed by atoms with Crippen molar-refractivity contribution < 1.29 is 18.7 Å². The molecule has 1 aliphatic heterocycles. The van der Waals surface area contributed by atoms with Gasteiger partial charge >= 0.3 is 0 Å². The predicted octanol–water partition coefficient (Wildman–Crippen LogP) is 4.82. The maximum absolute atomic E-state index is 13.5. The highest BCUT2D eigenvalue weighted by Crippen LogP contribution is 2.41. The molecule has 1 aliphatic carbocycles. The highest BCUT2D eigenvalue weighted by molar-refractivity contribution is 6.33. The Morgan fingerprint density at radius 3 is 2.53 bits per heavy atom. The van der Waals surface area contributed by atoms with Crippen molar-refractivity contribution >= 4 is 23.3 Å². The number of benzene rings is 2. The molecule has 2 fully saturated rings. The monoisotopic (exact) mass is 429 g/mol. The van der Waals surface area contributed by atoms with Crippen molar-refractivity contribution in [2.24, 2.45) is 0 Å². The van der Waals surface area contributed by atoms with Crippen LogP contribution in [0.4, 0.5) is 4.39 Å². The maximum atomic E-state index is 13.5. The second kappa shape index (κ2) is 8.12. The van der Waals surface area contributed by atoms with Gasteiger partial charge in [-0.3, -0.25) is 9.59 Å². The highest BCUT2D eigenvalue weighted by atomic mass is 35.5. The average Bonchev–Trinajstić information content (AvgIpc) is 2.97. The van der Waals surface area contributed by atoms with Crippen LogP contribution in [0.15, 0.2) is 36.4 Å². The minimum Gasteiger partial charge on any atom is -0.381 e. The van der Waals surface area contributed by atoms with Gasteiger partial charge in [0.15, 0.2) is 5.78 Å². The van der Waals surface area contributed by atoms with E-state index in [1.54, 1.807) is 13.2 Å². The first-order valence-corrected chi connectivity index (χ1v) is 10.7. The lowest BCUT2D eigenvalue weighted by molar-refractivity contribution is -0.126. The number of halogens is 2. The van der Waals surface area contributed by atoms with Gasteiger partial charge in [-0.05, 0) is 73.1 Å². The van der Waals surface area contributed by atoms with Crippen molar-refractivity contribution in [1.29, 1.82) is 0 Å². The number of carbonyl (C=O) groups is 2. The van der Waals surface area contributed by atoms with Crippen molar-refractivity contribution in [3.05, 3.63) is 58.4 Å². The van der Waals surface area contributed by atoms with Gasteiger partial charge in [0.25, 0.3) is 0 Å². The molecule has 158 valence electrons. The van der Waals surface area contributed by atoms with E-state index in [0.717, 1.165) is 24.0 Å². The van der Waals surface area contributed by atoms with Crippen LogP contribution in [0, 0.1) is 5.82 Å². The number of carbonyl (C=O) groups excluding carboxylic acids is 2. The SMILES string of the molecule is CCc1ccc(-c2ccc(F)cc2Cl)cc1C1C(=O)NC2(CCC(OC)CC2)C1=O. The summed E-state index contributed by atoms with van der Waals surface area (Å²) < 4.78 is 18.9. The second-order valence-electron chi connectivity index (χ2n) is 8.19. The molecule has 2 aliphatic rings. The van der Waals surface area contributed by atoms with E-state index in [9.17, 15) is 14.0 Å². The summed E-state index contributed by atoms with van der Waals surface area (Å²) in [6.07, 6.45) is 3.52. The van der Waals surface area contributed by atoms with Crippen LogP contribution in [0.5, 0.6) is 0 Å². The summed E-state index contributed by atoms with van der Waals surface area (Å²) in [5.41, 5.74) is 2.29. The molecule has 1 N–H and O–H groups in total. The van der Waals surface area contributed by atoms with Crippen molar-refractivity contribution in [2.45, 2.75) is 56.6 Å². The summed E-state index contributed by atoms with van der Waals surface area (Å²) in [5.74, 6) is -1.54. The molecule has 0 aromatic heterocycles. The molecule has 0 radical (unpaired) electrons. The molecular formula is C24H25ClFNO3. The third-order valence-electron chi connectivity index (χ3n) is 6.56. The average molecular weight is 430 g/mol. The molecule has 1 saturated heterocycles. The van der Waals surface area contributed by atoms with Crippen molar-refractivity contribution in [2.75, 3.05) is 7.11 Å². The molecule has 2 aromatic rings. The van der Waals surface area contributed by atoms with Gasteiger partial charge in [-0.2, -0.15) is 0 Å². The van der Waals surface area contributed by atoms with Crippen LogP contribution in [-0.2, 0) is 20.7 Å². The summed E-state index contributed by atoms with van der Waals surface area (Å²) in [5, 5.41) is 3.32. The van der Waals surface area contributed by atoms with Crippen LogP contribution >= 0.6 is 11.6 Å². The second-order valence-corrected chi connectivity index (χ2v) is 8.60. The number of ether oxygens (including phenoxy) is 1. The number of aryl methyl sites for hydroxylation is 1. The zero-order chi connectivity index (χ0) is 21.5. The fourth-order valence-electron chi connectivity index (χ4n) is 4.82. The maximum Gasteiger partial charge on any atom is 0.235 e. The molecule has 1 saturated carbocycles. The molecule has 1 amide bonds. The molecule has 1 heterocycles.